The Kier molecular flexibility index (Phi) is 2.75. The van der Waals surface area contributed by atoms with Crippen LogP contribution >= 0.6 is 0 Å². The van der Waals surface area contributed by atoms with E-state index in [0.717, 1.165) is 12.0 Å². The molecule has 0 aromatic heterocycles. The van der Waals surface area contributed by atoms with Crippen LogP contribution in [0.2, 0.25) is 0 Å². The predicted molar refractivity (Wildman–Crippen MR) is 71.4 cm³/mol. The molecule has 1 fully saturated rings. The number of benzene rings is 2. The zero-order chi connectivity index (χ0) is 13.4. The van der Waals surface area contributed by atoms with Gasteiger partial charge in [-0.15, -0.1) is 0 Å². The number of carbonyl (C=O) groups excluding carboxylic acids is 1. The van der Waals surface area contributed by atoms with Crippen LogP contribution in [0.15, 0.2) is 48.5 Å². The normalized spacial score (nSPS) is 21.1. The molecule has 96 valence electrons. The summed E-state index contributed by atoms with van der Waals surface area (Å²) in [5, 5.41) is 19.2. The maximum atomic E-state index is 12.3. The summed E-state index contributed by atoms with van der Waals surface area (Å²) >= 11 is 0. The van der Waals surface area contributed by atoms with Crippen LogP contribution in [0.4, 0.5) is 0 Å². The van der Waals surface area contributed by atoms with Gasteiger partial charge in [0.15, 0.2) is 5.78 Å². The molecule has 19 heavy (non-hydrogen) atoms. The average molecular weight is 254 g/mol. The number of rotatable bonds is 3. The molecule has 0 radical (unpaired) electrons. The van der Waals surface area contributed by atoms with Gasteiger partial charge in [-0.3, -0.25) is 4.79 Å². The van der Waals surface area contributed by atoms with Crippen LogP contribution in [-0.2, 0) is 0 Å². The van der Waals surface area contributed by atoms with Gasteiger partial charge in [-0.25, -0.2) is 0 Å². The molecule has 0 amide bonds. The largest absolute Gasteiger partial charge is 0.508 e. The van der Waals surface area contributed by atoms with Gasteiger partial charge in [0.25, 0.3) is 0 Å². The lowest BCUT2D eigenvalue weighted by Gasteiger charge is -2.04. The Labute approximate surface area is 111 Å². The molecule has 2 aromatic rings. The smallest absolute Gasteiger partial charge is 0.166 e. The lowest BCUT2D eigenvalue weighted by molar-refractivity contribution is 0.0965. The second kappa shape index (κ2) is 4.43. The number of hydrogen-bond acceptors (Lipinski definition) is 3. The molecule has 0 saturated heterocycles. The lowest BCUT2D eigenvalue weighted by atomic mass is 10.0. The third kappa shape index (κ3) is 2.19. The Morgan fingerprint density at radius 1 is 1.05 bits per heavy atom. The van der Waals surface area contributed by atoms with E-state index in [2.05, 4.69) is 0 Å². The summed E-state index contributed by atoms with van der Waals surface area (Å²) in [5.74, 6) is 0.389. The highest BCUT2D eigenvalue weighted by Gasteiger charge is 2.45. The summed E-state index contributed by atoms with van der Waals surface area (Å²) < 4.78 is 0. The zero-order valence-corrected chi connectivity index (χ0v) is 10.3. The van der Waals surface area contributed by atoms with E-state index in [1.54, 1.807) is 30.3 Å². The first-order chi connectivity index (χ1) is 9.16. The number of para-hydroxylation sites is 1. The molecule has 0 bridgehead atoms. The second-order valence-corrected chi connectivity index (χ2v) is 4.92. The van der Waals surface area contributed by atoms with Crippen LogP contribution in [0, 0.1) is 5.92 Å². The topological polar surface area (TPSA) is 57.5 Å². The van der Waals surface area contributed by atoms with Gasteiger partial charge in [-0.05, 0) is 36.1 Å². The van der Waals surface area contributed by atoms with Crippen molar-refractivity contribution in [3.05, 3.63) is 59.7 Å². The van der Waals surface area contributed by atoms with Crippen LogP contribution in [0.5, 0.6) is 11.5 Å². The highest BCUT2D eigenvalue weighted by molar-refractivity contribution is 6.00. The van der Waals surface area contributed by atoms with E-state index in [-0.39, 0.29) is 29.1 Å². The van der Waals surface area contributed by atoms with Crippen molar-refractivity contribution in [2.45, 2.75) is 12.3 Å². The molecule has 1 aliphatic rings. The summed E-state index contributed by atoms with van der Waals surface area (Å²) in [4.78, 5) is 12.3. The molecular weight excluding hydrogens is 240 g/mol. The van der Waals surface area contributed by atoms with Crippen LogP contribution in [-0.4, -0.2) is 16.0 Å². The highest BCUT2D eigenvalue weighted by atomic mass is 16.3. The first-order valence-corrected chi connectivity index (χ1v) is 6.28. The first-order valence-electron chi connectivity index (χ1n) is 6.28. The molecule has 0 aliphatic heterocycles. The molecule has 2 unspecified atom stereocenters. The fourth-order valence-corrected chi connectivity index (χ4v) is 2.50. The lowest BCUT2D eigenvalue weighted by Crippen LogP contribution is -2.02. The molecule has 3 nitrogen and oxygen atoms in total. The van der Waals surface area contributed by atoms with E-state index in [4.69, 9.17) is 0 Å². The van der Waals surface area contributed by atoms with Crippen LogP contribution in [0.25, 0.3) is 0 Å². The Hall–Kier alpha value is -2.29. The van der Waals surface area contributed by atoms with Gasteiger partial charge in [0.1, 0.15) is 11.5 Å². The van der Waals surface area contributed by atoms with E-state index in [1.807, 2.05) is 12.1 Å². The summed E-state index contributed by atoms with van der Waals surface area (Å²) in [6.45, 7) is 0. The molecule has 2 N–H and O–H groups in total. The van der Waals surface area contributed by atoms with Gasteiger partial charge in [0.05, 0.1) is 0 Å². The van der Waals surface area contributed by atoms with E-state index >= 15 is 0 Å². The minimum Gasteiger partial charge on any atom is -0.508 e. The van der Waals surface area contributed by atoms with Crippen LogP contribution < -0.4 is 0 Å². The molecule has 3 heteroatoms. The van der Waals surface area contributed by atoms with Crippen molar-refractivity contribution in [1.82, 2.24) is 0 Å². The summed E-state index contributed by atoms with van der Waals surface area (Å²) in [7, 11) is 0. The maximum absolute atomic E-state index is 12.3. The van der Waals surface area contributed by atoms with Crippen molar-refractivity contribution < 1.29 is 15.0 Å². The standard InChI is InChI=1S/C16H14O3/c17-11-5-3-4-10(8-11)16(19)14-9-13(14)12-6-1-2-7-15(12)18/h1-8,13-14,17-18H,9H2. The summed E-state index contributed by atoms with van der Waals surface area (Å²) in [6, 6.07) is 13.5. The van der Waals surface area contributed by atoms with Crippen LogP contribution in [0.1, 0.15) is 28.3 Å². The number of aromatic hydroxyl groups is 2. The number of ketones is 1. The number of Topliss-reactive ketones (excluding diaryl/α,β-unsaturated/α-hetero) is 1. The third-order valence-corrected chi connectivity index (χ3v) is 3.59. The molecule has 0 heterocycles. The van der Waals surface area contributed by atoms with Gasteiger partial charge in [-0.2, -0.15) is 0 Å². The van der Waals surface area contributed by atoms with E-state index < -0.39 is 0 Å². The van der Waals surface area contributed by atoms with Gasteiger partial charge in [0.2, 0.25) is 0 Å². The Morgan fingerprint density at radius 3 is 2.58 bits per heavy atom. The molecule has 1 saturated carbocycles. The Bertz CT molecular complexity index is 633. The monoisotopic (exact) mass is 254 g/mol. The van der Waals surface area contributed by atoms with Crippen molar-refractivity contribution >= 4 is 5.78 Å². The number of phenols is 2. The highest BCUT2D eigenvalue weighted by Crippen LogP contribution is 2.51. The first kappa shape index (κ1) is 11.8. The van der Waals surface area contributed by atoms with Crippen molar-refractivity contribution in [1.29, 1.82) is 0 Å². The third-order valence-electron chi connectivity index (χ3n) is 3.59. The average Bonchev–Trinajstić information content (AvgIpc) is 3.18. The molecule has 3 rings (SSSR count). The van der Waals surface area contributed by atoms with E-state index in [1.165, 1.54) is 6.07 Å². The molecule has 2 aromatic carbocycles. The van der Waals surface area contributed by atoms with Crippen LogP contribution in [0.3, 0.4) is 0 Å². The number of hydrogen-bond donors (Lipinski definition) is 2. The molecule has 0 spiro atoms. The quantitative estimate of drug-likeness (QED) is 0.827. The van der Waals surface area contributed by atoms with Crippen molar-refractivity contribution in [2.24, 2.45) is 5.92 Å². The van der Waals surface area contributed by atoms with E-state index in [9.17, 15) is 15.0 Å². The SMILES string of the molecule is O=C(c1cccc(O)c1)C1CC1c1ccccc1O. The molecule has 2 atom stereocenters. The Morgan fingerprint density at radius 2 is 1.84 bits per heavy atom. The minimum absolute atomic E-state index is 0.0316. The maximum Gasteiger partial charge on any atom is 0.166 e. The zero-order valence-electron chi connectivity index (χ0n) is 10.3. The fraction of sp³-hybridized carbons (Fsp3) is 0.188. The van der Waals surface area contributed by atoms with E-state index in [0.29, 0.717) is 5.56 Å². The van der Waals surface area contributed by atoms with Crippen molar-refractivity contribution in [3.63, 3.8) is 0 Å². The minimum atomic E-state index is -0.0879. The van der Waals surface area contributed by atoms with Gasteiger partial charge >= 0.3 is 0 Å². The number of phenolic OH excluding ortho intramolecular Hbond substituents is 2. The summed E-state index contributed by atoms with van der Waals surface area (Å²) in [5.41, 5.74) is 1.36. The number of carbonyl (C=O) groups is 1. The fourth-order valence-electron chi connectivity index (χ4n) is 2.50. The summed E-state index contributed by atoms with van der Waals surface area (Å²) in [6.07, 6.45) is 0.756. The second-order valence-electron chi connectivity index (χ2n) is 4.92. The van der Waals surface area contributed by atoms with Crippen molar-refractivity contribution in [2.75, 3.05) is 0 Å². The van der Waals surface area contributed by atoms with Gasteiger partial charge < -0.3 is 10.2 Å². The van der Waals surface area contributed by atoms with Crippen molar-refractivity contribution in [3.8, 4) is 11.5 Å². The van der Waals surface area contributed by atoms with Gasteiger partial charge in [-0.1, -0.05) is 30.3 Å². The predicted octanol–water partition coefficient (Wildman–Crippen LogP) is 3.08. The molecular formula is C16H14O3. The van der Waals surface area contributed by atoms with Gasteiger partial charge in [0, 0.05) is 11.5 Å². The Balaban J connectivity index is 1.80. The molecule has 1 aliphatic carbocycles.